The van der Waals surface area contributed by atoms with Crippen LogP contribution in [-0.2, 0) is 8.85 Å². The van der Waals surface area contributed by atoms with E-state index in [1.165, 1.54) is 12.1 Å². The number of hydrogen-bond donors (Lipinski definition) is 2. The van der Waals surface area contributed by atoms with Crippen LogP contribution in [0.5, 0.6) is 0 Å². The van der Waals surface area contributed by atoms with Gasteiger partial charge >= 0.3 is 15.3 Å². The Morgan fingerprint density at radius 1 is 1.20 bits per heavy atom. The van der Waals surface area contributed by atoms with Crippen LogP contribution in [0.4, 0.5) is 0 Å². The lowest BCUT2D eigenvalue weighted by atomic mass is 10.1. The van der Waals surface area contributed by atoms with Gasteiger partial charge in [0.1, 0.15) is 0 Å². The molecule has 0 atom stereocenters. The van der Waals surface area contributed by atoms with Crippen molar-refractivity contribution < 1.29 is 23.5 Å². The van der Waals surface area contributed by atoms with Crippen LogP contribution in [0.2, 0.25) is 6.04 Å². The maximum absolute atomic E-state index is 11.9. The van der Waals surface area contributed by atoms with Crippen molar-refractivity contribution in [2.45, 2.75) is 12.5 Å². The first-order valence-electron chi connectivity index (χ1n) is 6.26. The molecule has 0 spiro atoms. The Hall–Kier alpha value is -1.70. The zero-order valence-electron chi connectivity index (χ0n) is 11.6. The SMILES string of the molecule is CO[SiH](CCCNC(=O)c1ccccc1C(=O)O)OC. The molecular formula is C13H19NO5Si. The molecule has 0 aliphatic heterocycles. The highest BCUT2D eigenvalue weighted by Crippen LogP contribution is 2.08. The summed E-state index contributed by atoms with van der Waals surface area (Å²) in [6.07, 6.45) is 0.736. The normalized spacial score (nSPS) is 10.6. The predicted molar refractivity (Wildman–Crippen MR) is 76.3 cm³/mol. The van der Waals surface area contributed by atoms with E-state index >= 15 is 0 Å². The van der Waals surface area contributed by atoms with Gasteiger partial charge < -0.3 is 19.3 Å². The van der Waals surface area contributed by atoms with Gasteiger partial charge in [-0.05, 0) is 24.6 Å². The molecule has 20 heavy (non-hydrogen) atoms. The molecule has 1 aromatic carbocycles. The summed E-state index contributed by atoms with van der Waals surface area (Å²) in [7, 11) is 1.63. The predicted octanol–water partition coefficient (Wildman–Crippen LogP) is 1.02. The number of benzene rings is 1. The van der Waals surface area contributed by atoms with Crippen molar-refractivity contribution in [3.63, 3.8) is 0 Å². The Kier molecular flexibility index (Phi) is 6.92. The number of rotatable bonds is 8. The minimum Gasteiger partial charge on any atom is -0.478 e. The van der Waals surface area contributed by atoms with Gasteiger partial charge in [0.25, 0.3) is 5.91 Å². The first-order valence-corrected chi connectivity index (χ1v) is 8.02. The van der Waals surface area contributed by atoms with Crippen molar-refractivity contribution in [2.24, 2.45) is 0 Å². The fourth-order valence-corrected chi connectivity index (χ4v) is 2.97. The van der Waals surface area contributed by atoms with Crippen LogP contribution < -0.4 is 5.32 Å². The van der Waals surface area contributed by atoms with Gasteiger partial charge in [-0.15, -0.1) is 0 Å². The van der Waals surface area contributed by atoms with Crippen LogP contribution in [0.1, 0.15) is 27.1 Å². The molecule has 110 valence electrons. The zero-order valence-corrected chi connectivity index (χ0v) is 12.7. The van der Waals surface area contributed by atoms with E-state index in [0.717, 1.165) is 12.5 Å². The van der Waals surface area contributed by atoms with E-state index < -0.39 is 15.3 Å². The third kappa shape index (κ3) is 4.76. The monoisotopic (exact) mass is 297 g/mol. The fourth-order valence-electron chi connectivity index (χ4n) is 1.77. The minimum absolute atomic E-state index is 0.00559. The zero-order chi connectivity index (χ0) is 15.0. The van der Waals surface area contributed by atoms with Gasteiger partial charge in [0.15, 0.2) is 0 Å². The molecule has 0 aliphatic rings. The van der Waals surface area contributed by atoms with Crippen molar-refractivity contribution in [3.05, 3.63) is 35.4 Å². The summed E-state index contributed by atoms with van der Waals surface area (Å²) in [5.41, 5.74) is 0.179. The topological polar surface area (TPSA) is 84.9 Å². The second kappa shape index (κ2) is 8.46. The number of nitrogens with one attached hydrogen (secondary N) is 1. The van der Waals surface area contributed by atoms with Gasteiger partial charge in [-0.2, -0.15) is 0 Å². The van der Waals surface area contributed by atoms with E-state index in [1.807, 2.05) is 0 Å². The molecular weight excluding hydrogens is 278 g/mol. The summed E-state index contributed by atoms with van der Waals surface area (Å²) >= 11 is 0. The van der Waals surface area contributed by atoms with Crippen molar-refractivity contribution in [3.8, 4) is 0 Å². The van der Waals surface area contributed by atoms with Crippen molar-refractivity contribution in [1.82, 2.24) is 5.32 Å². The number of amides is 1. The average molecular weight is 297 g/mol. The van der Waals surface area contributed by atoms with Crippen molar-refractivity contribution in [1.29, 1.82) is 0 Å². The summed E-state index contributed by atoms with van der Waals surface area (Å²) in [6, 6.07) is 6.93. The molecule has 0 aromatic heterocycles. The van der Waals surface area contributed by atoms with E-state index in [0.29, 0.717) is 6.54 Å². The maximum Gasteiger partial charge on any atom is 0.336 e. The Balaban J connectivity index is 2.50. The highest BCUT2D eigenvalue weighted by molar-refractivity contribution is 6.44. The van der Waals surface area contributed by atoms with Crippen molar-refractivity contribution in [2.75, 3.05) is 20.8 Å². The first kappa shape index (κ1) is 16.4. The molecule has 0 heterocycles. The molecule has 1 amide bonds. The van der Waals surface area contributed by atoms with E-state index in [1.54, 1.807) is 26.4 Å². The van der Waals surface area contributed by atoms with Gasteiger partial charge in [0, 0.05) is 20.8 Å². The molecule has 6 nitrogen and oxygen atoms in total. The number of carbonyl (C=O) groups is 2. The maximum atomic E-state index is 11.9. The summed E-state index contributed by atoms with van der Waals surface area (Å²) in [4.78, 5) is 22.9. The van der Waals surface area contributed by atoms with Gasteiger partial charge in [0.2, 0.25) is 0 Å². The largest absolute Gasteiger partial charge is 0.478 e. The molecule has 0 saturated heterocycles. The van der Waals surface area contributed by atoms with Crippen LogP contribution in [0.25, 0.3) is 0 Å². The molecule has 1 rings (SSSR count). The van der Waals surface area contributed by atoms with Gasteiger partial charge in [0.05, 0.1) is 11.1 Å². The molecule has 0 radical (unpaired) electrons. The Morgan fingerprint density at radius 2 is 1.80 bits per heavy atom. The molecule has 0 saturated carbocycles. The van der Waals surface area contributed by atoms with E-state index in [9.17, 15) is 9.59 Å². The van der Waals surface area contributed by atoms with E-state index in [-0.39, 0.29) is 17.0 Å². The summed E-state index contributed by atoms with van der Waals surface area (Å²) in [5.74, 6) is -1.49. The van der Waals surface area contributed by atoms with Gasteiger partial charge in [-0.3, -0.25) is 4.79 Å². The van der Waals surface area contributed by atoms with Crippen LogP contribution >= 0.6 is 0 Å². The minimum atomic E-state index is -1.60. The second-order valence-electron chi connectivity index (χ2n) is 4.15. The molecule has 7 heteroatoms. The Morgan fingerprint density at radius 3 is 2.35 bits per heavy atom. The lowest BCUT2D eigenvalue weighted by Crippen LogP contribution is -2.28. The number of aromatic carboxylic acids is 1. The van der Waals surface area contributed by atoms with Crippen LogP contribution in [0, 0.1) is 0 Å². The summed E-state index contributed by atoms with van der Waals surface area (Å²) in [6.45, 7) is 0.461. The molecule has 0 aliphatic carbocycles. The molecule has 0 bridgehead atoms. The third-order valence-electron chi connectivity index (χ3n) is 2.83. The van der Waals surface area contributed by atoms with Crippen LogP contribution in [0.3, 0.4) is 0 Å². The summed E-state index contributed by atoms with van der Waals surface area (Å²) in [5, 5.41) is 11.7. The number of carboxylic acids is 1. The quantitative estimate of drug-likeness (QED) is 0.553. The third-order valence-corrected chi connectivity index (χ3v) is 4.76. The van der Waals surface area contributed by atoms with Crippen LogP contribution in [-0.4, -0.2) is 47.0 Å². The molecule has 0 fully saturated rings. The number of carboxylic acid groups (broad SMARTS) is 1. The van der Waals surface area contributed by atoms with Gasteiger partial charge in [-0.25, -0.2) is 4.79 Å². The number of hydrogen-bond acceptors (Lipinski definition) is 4. The Labute approximate surface area is 119 Å². The molecule has 1 aromatic rings. The van der Waals surface area contributed by atoms with E-state index in [4.69, 9.17) is 14.0 Å². The lowest BCUT2D eigenvalue weighted by Gasteiger charge is -2.11. The summed E-state index contributed by atoms with van der Waals surface area (Å²) < 4.78 is 10.3. The fraction of sp³-hybridized carbons (Fsp3) is 0.385. The highest BCUT2D eigenvalue weighted by Gasteiger charge is 2.15. The van der Waals surface area contributed by atoms with Crippen molar-refractivity contribution >= 4 is 21.2 Å². The lowest BCUT2D eigenvalue weighted by molar-refractivity contribution is 0.0691. The average Bonchev–Trinajstić information content (AvgIpc) is 2.47. The van der Waals surface area contributed by atoms with E-state index in [2.05, 4.69) is 5.32 Å². The standard InChI is InChI=1S/C13H19NO5Si/c1-18-20(19-2)9-5-8-14-12(15)10-6-3-4-7-11(10)13(16)17/h3-4,6-7,20H,5,8-9H2,1-2H3,(H,14,15)(H,16,17). The molecule has 0 unspecified atom stereocenters. The second-order valence-corrected chi connectivity index (χ2v) is 6.53. The Bertz CT molecular complexity index is 462. The number of carbonyl (C=O) groups excluding carboxylic acids is 1. The molecule has 2 N–H and O–H groups in total. The van der Waals surface area contributed by atoms with Gasteiger partial charge in [-0.1, -0.05) is 12.1 Å². The highest BCUT2D eigenvalue weighted by atomic mass is 28.3. The van der Waals surface area contributed by atoms with Crippen LogP contribution in [0.15, 0.2) is 24.3 Å². The first-order chi connectivity index (χ1) is 9.60. The smallest absolute Gasteiger partial charge is 0.336 e.